The first-order valence-electron chi connectivity index (χ1n) is 13.9. The summed E-state index contributed by atoms with van der Waals surface area (Å²) in [5.41, 5.74) is -0.858. The summed E-state index contributed by atoms with van der Waals surface area (Å²) in [7, 11) is 0. The lowest BCUT2D eigenvalue weighted by Gasteiger charge is -2.24. The van der Waals surface area contributed by atoms with Gasteiger partial charge in [-0.3, -0.25) is 19.2 Å². The molecule has 0 radical (unpaired) electrons. The number of aromatic hydroxyl groups is 2. The van der Waals surface area contributed by atoms with Crippen molar-refractivity contribution in [2.24, 2.45) is 5.92 Å². The summed E-state index contributed by atoms with van der Waals surface area (Å²) in [6, 6.07) is 5.57. The number of hydrogen-bond donors (Lipinski definition) is 4. The van der Waals surface area contributed by atoms with Crippen molar-refractivity contribution in [2.45, 2.75) is 70.7 Å². The molecule has 11 nitrogen and oxygen atoms in total. The Bertz CT molecular complexity index is 1480. The molecule has 42 heavy (non-hydrogen) atoms. The van der Waals surface area contributed by atoms with E-state index in [1.807, 2.05) is 6.92 Å². The highest BCUT2D eigenvalue weighted by atomic mass is 16.7. The Morgan fingerprint density at radius 2 is 1.83 bits per heavy atom. The number of aliphatic hydroxyl groups excluding tert-OH is 2. The van der Waals surface area contributed by atoms with Gasteiger partial charge < -0.3 is 30.0 Å². The number of phenols is 1. The van der Waals surface area contributed by atoms with Crippen LogP contribution in [0.1, 0.15) is 68.4 Å². The lowest BCUT2D eigenvalue weighted by Crippen LogP contribution is -2.41. The minimum atomic E-state index is -1.55. The zero-order valence-corrected chi connectivity index (χ0v) is 23.6. The van der Waals surface area contributed by atoms with E-state index < -0.39 is 65.1 Å². The molecule has 0 amide bonds. The van der Waals surface area contributed by atoms with Crippen LogP contribution in [0.25, 0.3) is 11.1 Å². The average Bonchev–Trinajstić information content (AvgIpc) is 3.35. The Kier molecular flexibility index (Phi) is 9.33. The van der Waals surface area contributed by atoms with Crippen LogP contribution in [0, 0.1) is 5.92 Å². The van der Waals surface area contributed by atoms with E-state index in [1.54, 1.807) is 19.9 Å². The van der Waals surface area contributed by atoms with Gasteiger partial charge in [-0.25, -0.2) is 0 Å². The lowest BCUT2D eigenvalue weighted by atomic mass is 9.83. The average molecular weight is 582 g/mol. The first-order chi connectivity index (χ1) is 20.0. The van der Waals surface area contributed by atoms with Crippen molar-refractivity contribution in [2.75, 3.05) is 6.61 Å². The van der Waals surface area contributed by atoms with Crippen molar-refractivity contribution in [3.8, 4) is 22.6 Å². The summed E-state index contributed by atoms with van der Waals surface area (Å²) in [5.74, 6) is -4.10. The lowest BCUT2D eigenvalue weighted by molar-refractivity contribution is -0.155. The standard InChI is InChI=1S/C31H35NO10/c1-4-18(15-33)13-16(2)5-11-22(36)27-29(39)25(19-7-9-20(34)10-8-19)28-26-21(35)12-6-17(3)41-24(38)14-23(37)30(26)42-32(28)31(27)40/h5,7-11,13,17-18,23,26,30,33-34,37,39H,4,6,12,14-15H2,1-3H3/b11-5+,16-13+. The number of pyridine rings is 1. The van der Waals surface area contributed by atoms with Gasteiger partial charge in [0.2, 0.25) is 0 Å². The van der Waals surface area contributed by atoms with Crippen LogP contribution in [0.15, 0.2) is 52.9 Å². The first kappa shape index (κ1) is 30.7. The van der Waals surface area contributed by atoms with Gasteiger partial charge >= 0.3 is 5.97 Å². The summed E-state index contributed by atoms with van der Waals surface area (Å²) in [6.45, 7) is 5.19. The number of allylic oxidation sites excluding steroid dienone is 3. The van der Waals surface area contributed by atoms with Crippen LogP contribution in [-0.2, 0) is 14.3 Å². The van der Waals surface area contributed by atoms with E-state index in [0.717, 1.165) is 10.8 Å². The molecule has 224 valence electrons. The van der Waals surface area contributed by atoms with Crippen LogP contribution < -0.4 is 10.4 Å². The highest BCUT2D eigenvalue weighted by molar-refractivity contribution is 6.08. The van der Waals surface area contributed by atoms with Gasteiger partial charge in [-0.15, -0.1) is 4.73 Å². The highest BCUT2D eigenvalue weighted by Crippen LogP contribution is 2.43. The quantitative estimate of drug-likeness (QED) is 0.165. The fourth-order valence-corrected chi connectivity index (χ4v) is 5.28. The minimum absolute atomic E-state index is 0.0503. The third-order valence-electron chi connectivity index (χ3n) is 7.59. The molecule has 2 aliphatic rings. The number of esters is 1. The molecule has 0 saturated carbocycles. The van der Waals surface area contributed by atoms with Crippen LogP contribution in [0.3, 0.4) is 0 Å². The van der Waals surface area contributed by atoms with Crippen molar-refractivity contribution in [1.29, 1.82) is 0 Å². The fourth-order valence-electron chi connectivity index (χ4n) is 5.28. The monoisotopic (exact) mass is 581 g/mol. The molecule has 5 unspecified atom stereocenters. The molecule has 4 rings (SSSR count). The number of Topliss-reactive ketones (excluding diaryl/α,β-unsaturated/α-hetero) is 1. The molecule has 0 aliphatic carbocycles. The van der Waals surface area contributed by atoms with E-state index in [0.29, 0.717) is 12.0 Å². The van der Waals surface area contributed by atoms with Crippen LogP contribution in [0.4, 0.5) is 0 Å². The molecule has 5 atom stereocenters. The zero-order chi connectivity index (χ0) is 30.7. The predicted octanol–water partition coefficient (Wildman–Crippen LogP) is 2.57. The Balaban J connectivity index is 1.91. The first-order valence-corrected chi connectivity index (χ1v) is 13.9. The van der Waals surface area contributed by atoms with Crippen LogP contribution in [0.5, 0.6) is 11.5 Å². The van der Waals surface area contributed by atoms with Gasteiger partial charge in [0, 0.05) is 24.5 Å². The number of carbonyl (C=O) groups is 3. The molecular weight excluding hydrogens is 546 g/mol. The number of cyclic esters (lactones) is 1. The number of rotatable bonds is 7. The van der Waals surface area contributed by atoms with Gasteiger partial charge in [0.25, 0.3) is 5.56 Å². The number of carbonyl (C=O) groups excluding carboxylic acids is 3. The van der Waals surface area contributed by atoms with Gasteiger partial charge in [-0.1, -0.05) is 36.8 Å². The Labute approximate surface area is 242 Å². The maximum absolute atomic E-state index is 13.7. The molecule has 2 aromatic rings. The molecule has 1 saturated heterocycles. The van der Waals surface area contributed by atoms with E-state index in [9.17, 15) is 39.6 Å². The molecule has 4 N–H and O–H groups in total. The number of aromatic nitrogens is 1. The zero-order valence-electron chi connectivity index (χ0n) is 23.6. The Hall–Kier alpha value is -4.22. The van der Waals surface area contributed by atoms with Gasteiger partial charge in [0.1, 0.15) is 34.9 Å². The maximum atomic E-state index is 13.7. The van der Waals surface area contributed by atoms with Gasteiger partial charge in [0.05, 0.1) is 18.2 Å². The molecule has 3 heterocycles. The Morgan fingerprint density at radius 1 is 1.14 bits per heavy atom. The fraction of sp³-hybridized carbons (Fsp3) is 0.419. The predicted molar refractivity (Wildman–Crippen MR) is 151 cm³/mol. The third kappa shape index (κ3) is 6.17. The second-order valence-corrected chi connectivity index (χ2v) is 10.7. The van der Waals surface area contributed by atoms with E-state index in [-0.39, 0.29) is 47.9 Å². The molecule has 11 heteroatoms. The second-order valence-electron chi connectivity index (χ2n) is 10.7. The summed E-state index contributed by atoms with van der Waals surface area (Å²) >= 11 is 0. The summed E-state index contributed by atoms with van der Waals surface area (Å²) < 4.78 is 5.99. The molecule has 2 aliphatic heterocycles. The maximum Gasteiger partial charge on any atom is 0.308 e. The van der Waals surface area contributed by atoms with Crippen molar-refractivity contribution in [1.82, 2.24) is 4.73 Å². The van der Waals surface area contributed by atoms with Gasteiger partial charge in [-0.05, 0) is 50.5 Å². The topological polar surface area (TPSA) is 173 Å². The van der Waals surface area contributed by atoms with Crippen molar-refractivity contribution >= 4 is 17.5 Å². The largest absolute Gasteiger partial charge is 0.508 e. The highest BCUT2D eigenvalue weighted by Gasteiger charge is 2.48. The number of phenolic OH excluding ortho intramolecular Hbond substituents is 1. The van der Waals surface area contributed by atoms with E-state index >= 15 is 0 Å². The van der Waals surface area contributed by atoms with Crippen molar-refractivity contribution in [3.05, 3.63) is 69.7 Å². The molecular formula is C31H35NO10. The van der Waals surface area contributed by atoms with Crippen LogP contribution in [-0.4, -0.2) is 67.6 Å². The minimum Gasteiger partial charge on any atom is -0.508 e. The molecule has 1 aromatic heterocycles. The number of benzene rings is 1. The number of ketones is 2. The van der Waals surface area contributed by atoms with E-state index in [4.69, 9.17) is 9.57 Å². The smallest absolute Gasteiger partial charge is 0.308 e. The van der Waals surface area contributed by atoms with E-state index in [1.165, 1.54) is 30.3 Å². The second kappa shape index (κ2) is 12.7. The molecule has 1 fully saturated rings. The van der Waals surface area contributed by atoms with Crippen LogP contribution >= 0.6 is 0 Å². The SMILES string of the molecule is CCC(/C=C(C)/C=C/C(=O)c1c(O)c(-c2ccc(O)cc2)c2n(c1=O)OC1C(O)CC(=O)OC(C)CCC(=O)C21)CO. The number of fused-ring (bicyclic) bond motifs is 3. The molecule has 1 aromatic carbocycles. The van der Waals surface area contributed by atoms with Gasteiger partial charge in [-0.2, -0.15) is 0 Å². The number of nitrogens with zero attached hydrogens (tertiary/aromatic N) is 1. The summed E-state index contributed by atoms with van der Waals surface area (Å²) in [6.07, 6.45) is 1.14. The molecule has 0 bridgehead atoms. The third-order valence-corrected chi connectivity index (χ3v) is 7.59. The number of aliphatic hydroxyl groups is 2. The van der Waals surface area contributed by atoms with Crippen LogP contribution in [0.2, 0.25) is 0 Å². The molecule has 0 spiro atoms. The Morgan fingerprint density at radius 3 is 2.48 bits per heavy atom. The number of ether oxygens (including phenoxy) is 1. The van der Waals surface area contributed by atoms with Gasteiger partial charge in [0.15, 0.2) is 11.9 Å². The normalized spacial score (nSPS) is 23.6. The van der Waals surface area contributed by atoms with Crippen molar-refractivity contribution < 1.29 is 44.4 Å². The van der Waals surface area contributed by atoms with Crippen molar-refractivity contribution in [3.63, 3.8) is 0 Å². The number of hydrogen-bond acceptors (Lipinski definition) is 10. The summed E-state index contributed by atoms with van der Waals surface area (Å²) in [5, 5.41) is 41.7. The summed E-state index contributed by atoms with van der Waals surface area (Å²) in [4.78, 5) is 58.8. The van der Waals surface area contributed by atoms with E-state index in [2.05, 4.69) is 0 Å².